The van der Waals surface area contributed by atoms with Crippen LogP contribution < -0.4 is 5.32 Å². The molecule has 0 aliphatic carbocycles. The summed E-state index contributed by atoms with van der Waals surface area (Å²) >= 11 is 1.60. The van der Waals surface area contributed by atoms with E-state index in [-0.39, 0.29) is 36.7 Å². The molecule has 2 rings (SSSR count). The minimum atomic E-state index is -0.292. The Kier molecular flexibility index (Phi) is 6.99. The third-order valence-electron chi connectivity index (χ3n) is 4.31. The number of ketones is 1. The van der Waals surface area contributed by atoms with Gasteiger partial charge in [0, 0.05) is 47.3 Å². The van der Waals surface area contributed by atoms with E-state index in [1.807, 2.05) is 19.9 Å². The van der Waals surface area contributed by atoms with Gasteiger partial charge in [0.1, 0.15) is 0 Å². The van der Waals surface area contributed by atoms with E-state index in [4.69, 9.17) is 4.74 Å². The van der Waals surface area contributed by atoms with Crippen molar-refractivity contribution in [2.45, 2.75) is 52.5 Å². The third kappa shape index (κ3) is 5.56. The number of carbonyl (C=O) groups excluding carboxylic acids is 3. The second kappa shape index (κ2) is 8.99. The maximum absolute atomic E-state index is 12.2. The van der Waals surface area contributed by atoms with Gasteiger partial charge in [-0.15, -0.1) is 11.3 Å². The number of carbonyl (C=O) groups is 3. The lowest BCUT2D eigenvalue weighted by Crippen LogP contribution is -2.46. The van der Waals surface area contributed by atoms with E-state index >= 15 is 0 Å². The molecule has 2 heterocycles. The molecule has 0 unspecified atom stereocenters. The molecule has 25 heavy (non-hydrogen) atoms. The van der Waals surface area contributed by atoms with Crippen LogP contribution in [0.5, 0.6) is 0 Å². The maximum Gasteiger partial charge on any atom is 0.409 e. The van der Waals surface area contributed by atoms with Gasteiger partial charge in [-0.05, 0) is 39.7 Å². The topological polar surface area (TPSA) is 75.7 Å². The Hall–Kier alpha value is -1.89. The Labute approximate surface area is 152 Å². The number of amides is 2. The number of aryl methyl sites for hydroxylation is 2. The summed E-state index contributed by atoms with van der Waals surface area (Å²) in [6.45, 7) is 7.22. The fourth-order valence-corrected chi connectivity index (χ4v) is 3.93. The van der Waals surface area contributed by atoms with E-state index in [0.29, 0.717) is 32.5 Å². The van der Waals surface area contributed by atoms with E-state index < -0.39 is 0 Å². The van der Waals surface area contributed by atoms with Crippen molar-refractivity contribution >= 4 is 29.1 Å². The van der Waals surface area contributed by atoms with Gasteiger partial charge in [0.15, 0.2) is 5.78 Å². The predicted octanol–water partition coefficient (Wildman–Crippen LogP) is 3.06. The maximum atomic E-state index is 12.2. The van der Waals surface area contributed by atoms with Gasteiger partial charge < -0.3 is 15.0 Å². The fraction of sp³-hybridized carbons (Fsp3) is 0.611. The van der Waals surface area contributed by atoms with Crippen LogP contribution in [0, 0.1) is 13.8 Å². The van der Waals surface area contributed by atoms with Crippen molar-refractivity contribution in [1.29, 1.82) is 0 Å². The summed E-state index contributed by atoms with van der Waals surface area (Å²) in [7, 11) is 0. The van der Waals surface area contributed by atoms with Gasteiger partial charge in [-0.25, -0.2) is 4.79 Å². The summed E-state index contributed by atoms with van der Waals surface area (Å²) in [6.07, 6.45) is 1.55. The number of hydrogen-bond acceptors (Lipinski definition) is 5. The van der Waals surface area contributed by atoms with Gasteiger partial charge in [0.25, 0.3) is 0 Å². The zero-order chi connectivity index (χ0) is 18.4. The Bertz CT molecular complexity index is 633. The van der Waals surface area contributed by atoms with Crippen molar-refractivity contribution in [3.8, 4) is 0 Å². The molecule has 1 aromatic rings. The number of nitrogens with zero attached hydrogens (tertiary/aromatic N) is 1. The van der Waals surface area contributed by atoms with E-state index in [9.17, 15) is 14.4 Å². The lowest BCUT2D eigenvalue weighted by Gasteiger charge is -2.31. The number of Topliss-reactive ketones (excluding diaryl/α,β-unsaturated/α-hetero) is 1. The summed E-state index contributed by atoms with van der Waals surface area (Å²) in [6, 6.07) is 1.95. The van der Waals surface area contributed by atoms with Crippen LogP contribution >= 0.6 is 11.3 Å². The van der Waals surface area contributed by atoms with Gasteiger partial charge >= 0.3 is 6.09 Å². The van der Waals surface area contributed by atoms with E-state index in [1.165, 1.54) is 0 Å². The molecule has 138 valence electrons. The lowest BCUT2D eigenvalue weighted by atomic mass is 10.0. The largest absolute Gasteiger partial charge is 0.450 e. The zero-order valence-electron chi connectivity index (χ0n) is 15.1. The highest BCUT2D eigenvalue weighted by Gasteiger charge is 2.24. The average molecular weight is 366 g/mol. The molecule has 0 atom stereocenters. The first-order valence-electron chi connectivity index (χ1n) is 8.72. The second-order valence-electron chi connectivity index (χ2n) is 6.28. The van der Waals surface area contributed by atoms with Gasteiger partial charge in [0.2, 0.25) is 5.91 Å². The molecule has 1 aromatic heterocycles. The van der Waals surface area contributed by atoms with Gasteiger partial charge in [-0.2, -0.15) is 0 Å². The van der Waals surface area contributed by atoms with Crippen LogP contribution in [-0.2, 0) is 9.53 Å². The summed E-state index contributed by atoms with van der Waals surface area (Å²) in [5, 5.41) is 2.97. The molecule has 1 aliphatic rings. The van der Waals surface area contributed by atoms with Gasteiger partial charge in [0.05, 0.1) is 6.61 Å². The Morgan fingerprint density at radius 3 is 2.48 bits per heavy atom. The standard InChI is InChI=1S/C18H26N2O4S/c1-4-24-18(23)20-9-7-14(8-10-20)19-17(22)6-5-16(21)15-11-12(2)25-13(15)3/h11,14H,4-10H2,1-3H3,(H,19,22). The fourth-order valence-electron chi connectivity index (χ4n) is 2.99. The SMILES string of the molecule is CCOC(=O)N1CCC(NC(=O)CCC(=O)c2cc(C)sc2C)CC1. The third-order valence-corrected chi connectivity index (χ3v) is 5.27. The van der Waals surface area contributed by atoms with E-state index in [0.717, 1.165) is 15.3 Å². The number of hydrogen-bond donors (Lipinski definition) is 1. The molecule has 1 fully saturated rings. The van der Waals surface area contributed by atoms with Crippen LogP contribution in [0.4, 0.5) is 4.79 Å². The van der Waals surface area contributed by atoms with Crippen LogP contribution in [0.15, 0.2) is 6.07 Å². The highest BCUT2D eigenvalue weighted by molar-refractivity contribution is 7.12. The first kappa shape index (κ1) is 19.4. The molecule has 0 spiro atoms. The van der Waals surface area contributed by atoms with Crippen molar-refractivity contribution in [3.63, 3.8) is 0 Å². The molecule has 0 bridgehead atoms. The second-order valence-corrected chi connectivity index (χ2v) is 7.74. The van der Waals surface area contributed by atoms with Crippen LogP contribution in [0.2, 0.25) is 0 Å². The molecule has 0 aromatic carbocycles. The molecule has 6 nitrogen and oxygen atoms in total. The Balaban J connectivity index is 1.72. The molecule has 7 heteroatoms. The number of rotatable bonds is 6. The lowest BCUT2D eigenvalue weighted by molar-refractivity contribution is -0.122. The van der Waals surface area contributed by atoms with Crippen molar-refractivity contribution in [1.82, 2.24) is 10.2 Å². The summed E-state index contributed by atoms with van der Waals surface area (Å²) in [5.74, 6) is -0.0818. The number of nitrogens with one attached hydrogen (secondary N) is 1. The normalized spacial score (nSPS) is 15.1. The summed E-state index contributed by atoms with van der Waals surface area (Å²) < 4.78 is 4.98. The Morgan fingerprint density at radius 1 is 1.24 bits per heavy atom. The first-order valence-corrected chi connectivity index (χ1v) is 9.53. The molecule has 1 saturated heterocycles. The number of ether oxygens (including phenoxy) is 1. The smallest absolute Gasteiger partial charge is 0.409 e. The molecular weight excluding hydrogens is 340 g/mol. The van der Waals surface area contributed by atoms with Gasteiger partial charge in [-0.3, -0.25) is 9.59 Å². The van der Waals surface area contributed by atoms with Crippen LogP contribution in [0.25, 0.3) is 0 Å². The summed E-state index contributed by atoms with van der Waals surface area (Å²) in [5.41, 5.74) is 0.734. The molecule has 1 N–H and O–H groups in total. The monoisotopic (exact) mass is 366 g/mol. The van der Waals surface area contributed by atoms with Gasteiger partial charge in [-0.1, -0.05) is 0 Å². The van der Waals surface area contributed by atoms with Crippen LogP contribution in [0.1, 0.15) is 52.7 Å². The highest BCUT2D eigenvalue weighted by atomic mass is 32.1. The average Bonchev–Trinajstić information content (AvgIpc) is 2.92. The Morgan fingerprint density at radius 2 is 1.92 bits per heavy atom. The minimum Gasteiger partial charge on any atom is -0.450 e. The van der Waals surface area contributed by atoms with Crippen molar-refractivity contribution in [3.05, 3.63) is 21.4 Å². The van der Waals surface area contributed by atoms with Crippen LogP contribution in [0.3, 0.4) is 0 Å². The quantitative estimate of drug-likeness (QED) is 0.785. The number of likely N-dealkylation sites (tertiary alicyclic amines) is 1. The van der Waals surface area contributed by atoms with E-state index in [2.05, 4.69) is 5.32 Å². The number of thiophene rings is 1. The van der Waals surface area contributed by atoms with E-state index in [1.54, 1.807) is 23.2 Å². The molecule has 1 aliphatic heterocycles. The molecule has 2 amide bonds. The molecule has 0 radical (unpaired) electrons. The van der Waals surface area contributed by atoms with Crippen LogP contribution in [-0.4, -0.2) is 48.4 Å². The van der Waals surface area contributed by atoms with Crippen molar-refractivity contribution < 1.29 is 19.1 Å². The number of piperidine rings is 1. The predicted molar refractivity (Wildman–Crippen MR) is 97.1 cm³/mol. The summed E-state index contributed by atoms with van der Waals surface area (Å²) in [4.78, 5) is 39.7. The highest BCUT2D eigenvalue weighted by Crippen LogP contribution is 2.22. The molecule has 0 saturated carbocycles. The van der Waals surface area contributed by atoms with Crippen molar-refractivity contribution in [2.75, 3.05) is 19.7 Å². The first-order chi connectivity index (χ1) is 11.9. The molecular formula is C18H26N2O4S. The van der Waals surface area contributed by atoms with Crippen molar-refractivity contribution in [2.24, 2.45) is 0 Å². The minimum absolute atomic E-state index is 0.0223. The zero-order valence-corrected chi connectivity index (χ0v) is 15.9.